The molecule has 1 radical (unpaired) electrons. The molecule has 0 aromatic heterocycles. The Morgan fingerprint density at radius 1 is 0.864 bits per heavy atom. The van der Waals surface area contributed by atoms with Crippen LogP contribution in [0, 0.1) is 11.6 Å². The highest BCUT2D eigenvalue weighted by Crippen LogP contribution is 2.13. The fourth-order valence-electron chi connectivity index (χ4n) is 2.19. The first-order chi connectivity index (χ1) is 10.7. The van der Waals surface area contributed by atoms with Crippen LogP contribution in [0.5, 0.6) is 0 Å². The third kappa shape index (κ3) is 7.98. The van der Waals surface area contributed by atoms with Gasteiger partial charge in [0.25, 0.3) is 0 Å². The number of aryl methyl sites for hydroxylation is 1. The van der Waals surface area contributed by atoms with E-state index >= 15 is 0 Å². The molecule has 0 aliphatic heterocycles. The Balaban J connectivity index is 1.96. The van der Waals surface area contributed by atoms with Crippen molar-refractivity contribution in [3.8, 4) is 0 Å². The van der Waals surface area contributed by atoms with Crippen molar-refractivity contribution in [2.75, 3.05) is 20.8 Å². The van der Waals surface area contributed by atoms with Crippen LogP contribution < -0.4 is 0 Å². The summed E-state index contributed by atoms with van der Waals surface area (Å²) in [6, 6.07) is 4.14. The first-order valence-electron chi connectivity index (χ1n) is 7.69. The lowest BCUT2D eigenvalue weighted by atomic mass is 10.0. The zero-order valence-electron chi connectivity index (χ0n) is 13.4. The van der Waals surface area contributed by atoms with E-state index in [9.17, 15) is 8.78 Å². The maximum atomic E-state index is 13.0. The summed E-state index contributed by atoms with van der Waals surface area (Å²) in [5.41, 5.74) is 0.862. The number of hydrogen-bond donors (Lipinski definition) is 0. The van der Waals surface area contributed by atoms with Gasteiger partial charge in [0, 0.05) is 20.8 Å². The number of benzene rings is 1. The van der Waals surface area contributed by atoms with Crippen LogP contribution in [0.1, 0.15) is 44.1 Å². The zero-order chi connectivity index (χ0) is 16.2. The lowest BCUT2D eigenvalue weighted by molar-refractivity contribution is 0.133. The van der Waals surface area contributed by atoms with Gasteiger partial charge >= 0.3 is 9.53 Å². The average Bonchev–Trinajstić information content (AvgIpc) is 2.53. The van der Waals surface area contributed by atoms with E-state index in [1.165, 1.54) is 12.1 Å². The summed E-state index contributed by atoms with van der Waals surface area (Å²) in [5.74, 6) is -1.54. The molecule has 1 aromatic rings. The molecule has 0 spiro atoms. The van der Waals surface area contributed by atoms with E-state index in [2.05, 4.69) is 0 Å². The lowest BCUT2D eigenvalue weighted by Crippen LogP contribution is -2.24. The van der Waals surface area contributed by atoms with E-state index < -0.39 is 21.2 Å². The van der Waals surface area contributed by atoms with Crippen molar-refractivity contribution < 1.29 is 22.1 Å². The van der Waals surface area contributed by atoms with Crippen LogP contribution in [0.3, 0.4) is 0 Å². The van der Waals surface area contributed by atoms with E-state index in [4.69, 9.17) is 13.3 Å². The zero-order valence-corrected chi connectivity index (χ0v) is 14.4. The second kappa shape index (κ2) is 11.7. The maximum Gasteiger partial charge on any atom is 0.577 e. The van der Waals surface area contributed by atoms with Gasteiger partial charge in [-0.2, -0.15) is 0 Å². The van der Waals surface area contributed by atoms with Crippen molar-refractivity contribution in [2.45, 2.75) is 44.9 Å². The molecule has 0 saturated carbocycles. The number of unbranched alkanes of at least 4 members (excludes halogenated alkanes) is 5. The van der Waals surface area contributed by atoms with Gasteiger partial charge in [-0.15, -0.1) is 0 Å². The smallest absolute Gasteiger partial charge is 0.375 e. The van der Waals surface area contributed by atoms with E-state index in [1.807, 2.05) is 0 Å². The summed E-state index contributed by atoms with van der Waals surface area (Å²) in [6.07, 6.45) is 7.33. The Kier molecular flexibility index (Phi) is 10.2. The molecule has 6 heteroatoms. The van der Waals surface area contributed by atoms with Crippen LogP contribution in [0.2, 0.25) is 0 Å². The Hall–Kier alpha value is -0.823. The highest BCUT2D eigenvalue weighted by Gasteiger charge is 2.13. The molecule has 0 aliphatic rings. The maximum absolute atomic E-state index is 13.0. The van der Waals surface area contributed by atoms with Gasteiger partial charge in [-0.05, 0) is 37.0 Å². The van der Waals surface area contributed by atoms with Gasteiger partial charge in [-0.3, -0.25) is 0 Å². The second-order valence-corrected chi connectivity index (χ2v) is 6.73. The molecule has 0 fully saturated rings. The average molecular weight is 331 g/mol. The highest BCUT2D eigenvalue weighted by molar-refractivity contribution is 6.36. The second-order valence-electron chi connectivity index (χ2n) is 5.13. The van der Waals surface area contributed by atoms with Crippen LogP contribution in [0.25, 0.3) is 0 Å². The van der Waals surface area contributed by atoms with Crippen LogP contribution >= 0.6 is 0 Å². The van der Waals surface area contributed by atoms with Crippen LogP contribution in [0.4, 0.5) is 8.78 Å². The summed E-state index contributed by atoms with van der Waals surface area (Å²) in [5, 5.41) is 0. The molecule has 125 valence electrons. The van der Waals surface area contributed by atoms with E-state index in [0.29, 0.717) is 6.61 Å². The minimum absolute atomic E-state index is 0.671. The molecule has 3 nitrogen and oxygen atoms in total. The highest BCUT2D eigenvalue weighted by atomic mass is 28.3. The van der Waals surface area contributed by atoms with E-state index in [0.717, 1.165) is 50.5 Å². The Morgan fingerprint density at radius 3 is 2.14 bits per heavy atom. The molecule has 1 rings (SSSR count). The van der Waals surface area contributed by atoms with Gasteiger partial charge in [0.15, 0.2) is 11.6 Å². The van der Waals surface area contributed by atoms with Gasteiger partial charge in [-0.1, -0.05) is 31.7 Å². The van der Waals surface area contributed by atoms with Gasteiger partial charge in [-0.25, -0.2) is 8.78 Å². The van der Waals surface area contributed by atoms with Crippen LogP contribution in [0.15, 0.2) is 18.2 Å². The molecule has 0 N–H and O–H groups in total. The summed E-state index contributed by atoms with van der Waals surface area (Å²) in [7, 11) is 1.66. The normalized spacial score (nSPS) is 11.3. The van der Waals surface area contributed by atoms with Gasteiger partial charge in [0.1, 0.15) is 0 Å². The van der Waals surface area contributed by atoms with E-state index in [1.54, 1.807) is 20.3 Å². The Morgan fingerprint density at radius 2 is 1.50 bits per heavy atom. The van der Waals surface area contributed by atoms with Crippen molar-refractivity contribution >= 4 is 9.53 Å². The molecule has 0 amide bonds. The van der Waals surface area contributed by atoms with Crippen molar-refractivity contribution in [2.24, 2.45) is 0 Å². The predicted octanol–water partition coefficient (Wildman–Crippen LogP) is 4.14. The van der Waals surface area contributed by atoms with Gasteiger partial charge in [0.05, 0.1) is 0 Å². The molecule has 0 heterocycles. The minimum Gasteiger partial charge on any atom is -0.375 e. The third-order valence-electron chi connectivity index (χ3n) is 3.40. The van der Waals surface area contributed by atoms with Crippen molar-refractivity contribution in [1.29, 1.82) is 0 Å². The molecule has 22 heavy (non-hydrogen) atoms. The lowest BCUT2D eigenvalue weighted by Gasteiger charge is -2.09. The van der Waals surface area contributed by atoms with Crippen molar-refractivity contribution in [3.05, 3.63) is 35.4 Å². The summed E-state index contributed by atoms with van der Waals surface area (Å²) in [6.45, 7) is 0.671. The van der Waals surface area contributed by atoms with Crippen LogP contribution in [-0.4, -0.2) is 30.4 Å². The fraction of sp³-hybridized carbons (Fsp3) is 0.625. The first kappa shape index (κ1) is 19.2. The number of hydrogen-bond acceptors (Lipinski definition) is 3. The van der Waals surface area contributed by atoms with Crippen LogP contribution in [-0.2, 0) is 19.7 Å². The van der Waals surface area contributed by atoms with Crippen molar-refractivity contribution in [1.82, 2.24) is 0 Å². The van der Waals surface area contributed by atoms with Gasteiger partial charge in [0.2, 0.25) is 0 Å². The topological polar surface area (TPSA) is 27.7 Å². The third-order valence-corrected chi connectivity index (χ3v) is 4.50. The van der Waals surface area contributed by atoms with Crippen molar-refractivity contribution in [3.63, 3.8) is 0 Å². The van der Waals surface area contributed by atoms with E-state index in [-0.39, 0.29) is 0 Å². The molecular formula is C16H25F2O3Si. The summed E-state index contributed by atoms with van der Waals surface area (Å²) >= 11 is 0. The predicted molar refractivity (Wildman–Crippen MR) is 83.5 cm³/mol. The molecule has 0 aliphatic carbocycles. The SMILES string of the molecule is CO[Si](OC)OCCCCCCCCc1ccc(F)c(F)c1. The molecular weight excluding hydrogens is 306 g/mol. The standard InChI is InChI=1S/C16H25F2O3Si/c1-19-22(20-2)21-12-8-6-4-3-5-7-9-14-10-11-15(17)16(18)13-14/h10-11,13H,3-9,12H2,1-2H3. The molecule has 0 unspecified atom stereocenters. The Bertz CT molecular complexity index is 414. The quantitative estimate of drug-likeness (QED) is 0.425. The Labute approximate surface area is 133 Å². The number of halogens is 2. The number of rotatable bonds is 12. The molecule has 1 aromatic carbocycles. The first-order valence-corrected chi connectivity index (χ1v) is 8.91. The summed E-state index contributed by atoms with van der Waals surface area (Å²) < 4.78 is 41.3. The molecule has 0 bridgehead atoms. The largest absolute Gasteiger partial charge is 0.577 e. The summed E-state index contributed by atoms with van der Waals surface area (Å²) in [4.78, 5) is 0. The monoisotopic (exact) mass is 331 g/mol. The van der Waals surface area contributed by atoms with Gasteiger partial charge < -0.3 is 13.3 Å². The fourth-order valence-corrected chi connectivity index (χ4v) is 2.90. The minimum atomic E-state index is -1.52. The molecule has 0 saturated heterocycles. The molecule has 0 atom stereocenters.